The topological polar surface area (TPSA) is 33.7 Å². The largest absolute Gasteiger partial charge is 0.410 e. The molecule has 4 atom stereocenters. The number of hydrazine groups is 1. The summed E-state index contributed by atoms with van der Waals surface area (Å²) >= 11 is 0. The first-order valence-electron chi connectivity index (χ1n) is 12.9. The van der Waals surface area contributed by atoms with Crippen molar-refractivity contribution in [2.45, 2.75) is 109 Å². The standard InChI is InChI=1S/C27H50N2O2Si/c1-9-11-19-25(28-29-20-15-18-23(29)21-30-6)24(10-2)26(22-16-13-12-14-17-22)31-32(7,8)27(3,4)5/h12-14,16-17,23-26,28H,9-11,15,18-21H2,1-8H3/t23-,24-,25+,26-/m0/s1. The Kier molecular flexibility index (Phi) is 10.9. The minimum Gasteiger partial charge on any atom is -0.410 e. The van der Waals surface area contributed by atoms with Crippen LogP contribution in [-0.4, -0.2) is 45.7 Å². The van der Waals surface area contributed by atoms with Crippen LogP contribution >= 0.6 is 0 Å². The summed E-state index contributed by atoms with van der Waals surface area (Å²) in [5.41, 5.74) is 5.32. The van der Waals surface area contributed by atoms with Gasteiger partial charge in [-0.25, -0.2) is 5.01 Å². The van der Waals surface area contributed by atoms with Crippen LogP contribution in [0.1, 0.15) is 84.8 Å². The van der Waals surface area contributed by atoms with E-state index in [0.29, 0.717) is 18.0 Å². The summed E-state index contributed by atoms with van der Waals surface area (Å²) in [5.74, 6) is 0.418. The lowest BCUT2D eigenvalue weighted by Gasteiger charge is -2.44. The zero-order valence-electron chi connectivity index (χ0n) is 22.1. The quantitative estimate of drug-likeness (QED) is 0.322. The number of nitrogens with one attached hydrogen (secondary N) is 1. The lowest BCUT2D eigenvalue weighted by Crippen LogP contribution is -2.53. The molecule has 0 saturated carbocycles. The molecule has 1 saturated heterocycles. The van der Waals surface area contributed by atoms with E-state index in [1.165, 1.54) is 37.7 Å². The average Bonchev–Trinajstić information content (AvgIpc) is 3.18. The van der Waals surface area contributed by atoms with Crippen LogP contribution in [-0.2, 0) is 9.16 Å². The van der Waals surface area contributed by atoms with Gasteiger partial charge in [0.25, 0.3) is 0 Å². The minimum atomic E-state index is -1.94. The number of unbranched alkanes of at least 4 members (excludes halogenated alkanes) is 1. The molecule has 32 heavy (non-hydrogen) atoms. The van der Waals surface area contributed by atoms with E-state index >= 15 is 0 Å². The van der Waals surface area contributed by atoms with Gasteiger partial charge in [0.05, 0.1) is 12.7 Å². The third-order valence-corrected chi connectivity index (χ3v) is 12.1. The summed E-state index contributed by atoms with van der Waals surface area (Å²) in [6.45, 7) is 18.3. The molecule has 2 rings (SSSR count). The molecule has 0 radical (unpaired) electrons. The van der Waals surface area contributed by atoms with E-state index in [1.807, 2.05) is 7.11 Å². The highest BCUT2D eigenvalue weighted by Gasteiger charge is 2.42. The minimum absolute atomic E-state index is 0.111. The number of ether oxygens (including phenoxy) is 1. The summed E-state index contributed by atoms with van der Waals surface area (Å²) in [4.78, 5) is 0. The zero-order chi connectivity index (χ0) is 23.8. The second kappa shape index (κ2) is 12.7. The van der Waals surface area contributed by atoms with Gasteiger partial charge in [0.1, 0.15) is 0 Å². The lowest BCUT2D eigenvalue weighted by molar-refractivity contribution is 0.0261. The Bertz CT molecular complexity index is 647. The second-order valence-corrected chi connectivity index (χ2v) is 15.9. The smallest absolute Gasteiger partial charge is 0.192 e. The fourth-order valence-corrected chi connectivity index (χ4v) is 5.93. The molecule has 1 aromatic carbocycles. The van der Waals surface area contributed by atoms with Gasteiger partial charge in [0.2, 0.25) is 0 Å². The molecule has 1 aromatic rings. The van der Waals surface area contributed by atoms with Crippen molar-refractivity contribution in [3.8, 4) is 0 Å². The van der Waals surface area contributed by atoms with E-state index in [9.17, 15) is 0 Å². The number of rotatable bonds is 13. The number of hydrogen-bond donors (Lipinski definition) is 1. The van der Waals surface area contributed by atoms with Crippen LogP contribution in [0.4, 0.5) is 0 Å². The van der Waals surface area contributed by atoms with Crippen molar-refractivity contribution >= 4 is 8.32 Å². The molecule has 0 bridgehead atoms. The fraction of sp³-hybridized carbons (Fsp3) is 0.778. The van der Waals surface area contributed by atoms with Crippen molar-refractivity contribution in [1.82, 2.24) is 10.4 Å². The first-order chi connectivity index (χ1) is 15.1. The van der Waals surface area contributed by atoms with Gasteiger partial charge < -0.3 is 9.16 Å². The van der Waals surface area contributed by atoms with Crippen molar-refractivity contribution in [3.05, 3.63) is 35.9 Å². The van der Waals surface area contributed by atoms with Gasteiger partial charge in [-0.3, -0.25) is 5.43 Å². The SMILES string of the molecule is CCCC[C@@H](NN1CCC[C@H]1COC)[C@H](CC)[C@@H](O[Si](C)(C)C(C)(C)C)c1ccccc1. The second-order valence-electron chi connectivity index (χ2n) is 11.1. The van der Waals surface area contributed by atoms with Crippen molar-refractivity contribution in [2.75, 3.05) is 20.3 Å². The summed E-state index contributed by atoms with van der Waals surface area (Å²) in [7, 11) is -0.121. The molecule has 5 heteroatoms. The molecule has 0 unspecified atom stereocenters. The molecular formula is C27H50N2O2Si. The van der Waals surface area contributed by atoms with E-state index in [0.717, 1.165) is 19.6 Å². The van der Waals surface area contributed by atoms with Crippen LogP contribution in [0, 0.1) is 5.92 Å². The van der Waals surface area contributed by atoms with Gasteiger partial charge in [-0.1, -0.05) is 77.8 Å². The molecule has 1 heterocycles. The van der Waals surface area contributed by atoms with Gasteiger partial charge in [-0.2, -0.15) is 0 Å². The number of methoxy groups -OCH3 is 1. The van der Waals surface area contributed by atoms with E-state index < -0.39 is 8.32 Å². The van der Waals surface area contributed by atoms with Crippen molar-refractivity contribution in [1.29, 1.82) is 0 Å². The summed E-state index contributed by atoms with van der Waals surface area (Å²) in [6.07, 6.45) is 7.28. The maximum atomic E-state index is 7.20. The maximum absolute atomic E-state index is 7.20. The number of benzene rings is 1. The Balaban J connectivity index is 2.36. The van der Waals surface area contributed by atoms with E-state index in [2.05, 4.69) is 88.5 Å². The Labute approximate surface area is 199 Å². The average molecular weight is 463 g/mol. The van der Waals surface area contributed by atoms with Crippen LogP contribution in [0.2, 0.25) is 18.1 Å². The fourth-order valence-electron chi connectivity index (χ4n) is 4.63. The Morgan fingerprint density at radius 1 is 1.16 bits per heavy atom. The van der Waals surface area contributed by atoms with Gasteiger partial charge in [0.15, 0.2) is 8.32 Å². The maximum Gasteiger partial charge on any atom is 0.192 e. The number of hydrogen-bond acceptors (Lipinski definition) is 4. The molecule has 1 N–H and O–H groups in total. The van der Waals surface area contributed by atoms with Gasteiger partial charge >= 0.3 is 0 Å². The Morgan fingerprint density at radius 3 is 2.41 bits per heavy atom. The zero-order valence-corrected chi connectivity index (χ0v) is 23.1. The van der Waals surface area contributed by atoms with Crippen molar-refractivity contribution < 1.29 is 9.16 Å². The first-order valence-corrected chi connectivity index (χ1v) is 15.8. The van der Waals surface area contributed by atoms with Crippen molar-refractivity contribution in [3.63, 3.8) is 0 Å². The molecule has 0 aromatic heterocycles. The number of nitrogens with zero attached hydrogens (tertiary/aromatic N) is 1. The van der Waals surface area contributed by atoms with E-state index in [4.69, 9.17) is 9.16 Å². The van der Waals surface area contributed by atoms with Crippen LogP contribution in [0.5, 0.6) is 0 Å². The van der Waals surface area contributed by atoms with Crippen LogP contribution < -0.4 is 5.43 Å². The highest BCUT2D eigenvalue weighted by Crippen LogP contribution is 2.43. The Hall–Kier alpha value is -0.723. The molecule has 1 fully saturated rings. The molecule has 0 aliphatic carbocycles. The lowest BCUT2D eigenvalue weighted by atomic mass is 9.85. The molecule has 1 aliphatic heterocycles. The summed E-state index contributed by atoms with van der Waals surface area (Å²) < 4.78 is 12.7. The highest BCUT2D eigenvalue weighted by molar-refractivity contribution is 6.74. The predicted octanol–water partition coefficient (Wildman–Crippen LogP) is 6.95. The molecular weight excluding hydrogens is 412 g/mol. The predicted molar refractivity (Wildman–Crippen MR) is 139 cm³/mol. The van der Waals surface area contributed by atoms with Gasteiger partial charge in [-0.15, -0.1) is 0 Å². The third-order valence-electron chi connectivity index (χ3n) is 7.67. The molecule has 0 amide bonds. The van der Waals surface area contributed by atoms with Gasteiger partial charge in [0, 0.05) is 31.7 Å². The monoisotopic (exact) mass is 462 g/mol. The molecule has 0 spiro atoms. The van der Waals surface area contributed by atoms with Crippen LogP contribution in [0.25, 0.3) is 0 Å². The summed E-state index contributed by atoms with van der Waals surface area (Å²) in [5, 5.41) is 2.66. The summed E-state index contributed by atoms with van der Waals surface area (Å²) in [6, 6.07) is 11.8. The first kappa shape index (κ1) is 27.5. The normalized spacial score (nSPS) is 20.9. The third kappa shape index (κ3) is 7.39. The Morgan fingerprint density at radius 2 is 1.84 bits per heavy atom. The molecule has 4 nitrogen and oxygen atoms in total. The molecule has 1 aliphatic rings. The van der Waals surface area contributed by atoms with Crippen LogP contribution in [0.15, 0.2) is 30.3 Å². The van der Waals surface area contributed by atoms with Crippen molar-refractivity contribution in [2.24, 2.45) is 5.92 Å². The van der Waals surface area contributed by atoms with E-state index in [1.54, 1.807) is 0 Å². The molecule has 184 valence electrons. The van der Waals surface area contributed by atoms with E-state index in [-0.39, 0.29) is 11.1 Å². The van der Waals surface area contributed by atoms with Crippen LogP contribution in [0.3, 0.4) is 0 Å². The van der Waals surface area contributed by atoms with Gasteiger partial charge in [-0.05, 0) is 49.4 Å². The highest BCUT2D eigenvalue weighted by atomic mass is 28.4.